The van der Waals surface area contributed by atoms with E-state index in [1.165, 1.54) is 41.6 Å². The minimum Gasteiger partial charge on any atom is -0.495 e. The SMILES string of the molecule is COc1ccc(C(=O)N(C)CC(=O)NC(C)C)cc1S(=O)(=O)N1CCCC[C@H]1C. The fourth-order valence-corrected chi connectivity index (χ4v) is 5.32. The number of likely N-dealkylation sites (N-methyl/N-ethyl adjacent to an activating group) is 1. The number of nitrogens with zero attached hydrogens (tertiary/aromatic N) is 2. The molecule has 1 fully saturated rings. The lowest BCUT2D eigenvalue weighted by Crippen LogP contribution is -2.42. The second-order valence-electron chi connectivity index (χ2n) is 7.71. The molecule has 0 radical (unpaired) electrons. The lowest BCUT2D eigenvalue weighted by Gasteiger charge is -2.32. The lowest BCUT2D eigenvalue weighted by atomic mass is 10.1. The topological polar surface area (TPSA) is 96.0 Å². The summed E-state index contributed by atoms with van der Waals surface area (Å²) in [6.07, 6.45) is 2.60. The van der Waals surface area contributed by atoms with Crippen molar-refractivity contribution >= 4 is 21.8 Å². The molecule has 1 heterocycles. The second kappa shape index (κ2) is 9.58. The fourth-order valence-electron chi connectivity index (χ4n) is 3.44. The molecule has 29 heavy (non-hydrogen) atoms. The molecule has 0 spiro atoms. The predicted octanol–water partition coefficient (Wildman–Crippen LogP) is 1.85. The number of carbonyl (C=O) groups is 2. The number of carbonyl (C=O) groups excluding carboxylic acids is 2. The highest BCUT2D eigenvalue weighted by atomic mass is 32.2. The second-order valence-corrected chi connectivity index (χ2v) is 9.57. The Morgan fingerprint density at radius 3 is 2.59 bits per heavy atom. The van der Waals surface area contributed by atoms with Crippen LogP contribution in [0.25, 0.3) is 0 Å². The van der Waals surface area contributed by atoms with Crippen molar-refractivity contribution in [2.75, 3.05) is 27.2 Å². The summed E-state index contributed by atoms with van der Waals surface area (Å²) in [6, 6.07) is 4.19. The smallest absolute Gasteiger partial charge is 0.254 e. The molecule has 2 amide bonds. The largest absolute Gasteiger partial charge is 0.495 e. The molecule has 1 aliphatic heterocycles. The van der Waals surface area contributed by atoms with Gasteiger partial charge in [-0.05, 0) is 51.8 Å². The number of nitrogens with one attached hydrogen (secondary N) is 1. The third-order valence-electron chi connectivity index (χ3n) is 4.92. The Labute approximate surface area is 173 Å². The van der Waals surface area contributed by atoms with Gasteiger partial charge < -0.3 is 15.0 Å². The van der Waals surface area contributed by atoms with E-state index in [2.05, 4.69) is 5.32 Å². The first-order valence-electron chi connectivity index (χ1n) is 9.82. The number of hydrogen-bond donors (Lipinski definition) is 1. The Bertz CT molecular complexity index is 854. The molecule has 1 atom stereocenters. The highest BCUT2D eigenvalue weighted by Crippen LogP contribution is 2.31. The summed E-state index contributed by atoms with van der Waals surface area (Å²) in [7, 11) is -0.908. The molecule has 0 saturated carbocycles. The molecule has 1 N–H and O–H groups in total. The molecular weight excluding hydrogens is 394 g/mol. The summed E-state index contributed by atoms with van der Waals surface area (Å²) in [5.74, 6) is -0.520. The molecule has 0 bridgehead atoms. The van der Waals surface area contributed by atoms with Crippen LogP contribution in [0.5, 0.6) is 5.75 Å². The zero-order valence-corrected chi connectivity index (χ0v) is 18.6. The van der Waals surface area contributed by atoms with Gasteiger partial charge in [-0.3, -0.25) is 9.59 Å². The van der Waals surface area contributed by atoms with Crippen LogP contribution in [-0.4, -0.2) is 68.8 Å². The first kappa shape index (κ1) is 23.2. The molecule has 1 aromatic rings. The first-order valence-corrected chi connectivity index (χ1v) is 11.3. The average Bonchev–Trinajstić information content (AvgIpc) is 2.66. The summed E-state index contributed by atoms with van der Waals surface area (Å²) in [4.78, 5) is 26.0. The quantitative estimate of drug-likeness (QED) is 0.719. The molecule has 1 aromatic carbocycles. The van der Waals surface area contributed by atoms with Crippen molar-refractivity contribution in [2.45, 2.75) is 57.0 Å². The molecule has 2 rings (SSSR count). The number of ether oxygens (including phenoxy) is 1. The van der Waals surface area contributed by atoms with Crippen molar-refractivity contribution in [3.8, 4) is 5.75 Å². The van der Waals surface area contributed by atoms with Crippen molar-refractivity contribution in [1.82, 2.24) is 14.5 Å². The minimum absolute atomic E-state index is 0.0281. The number of hydrogen-bond acceptors (Lipinski definition) is 5. The van der Waals surface area contributed by atoms with Gasteiger partial charge >= 0.3 is 0 Å². The van der Waals surface area contributed by atoms with Crippen molar-refractivity contribution in [3.63, 3.8) is 0 Å². The van der Waals surface area contributed by atoms with Crippen LogP contribution in [0.2, 0.25) is 0 Å². The van der Waals surface area contributed by atoms with Crippen LogP contribution in [0.15, 0.2) is 23.1 Å². The van der Waals surface area contributed by atoms with Crippen molar-refractivity contribution in [2.24, 2.45) is 0 Å². The molecule has 9 heteroatoms. The van der Waals surface area contributed by atoms with Crippen LogP contribution in [0.3, 0.4) is 0 Å². The van der Waals surface area contributed by atoms with Crippen molar-refractivity contribution < 1.29 is 22.7 Å². The Kier molecular flexibility index (Phi) is 7.65. The summed E-state index contributed by atoms with van der Waals surface area (Å²) < 4.78 is 33.3. The van der Waals surface area contributed by atoms with Crippen LogP contribution in [-0.2, 0) is 14.8 Å². The fraction of sp³-hybridized carbons (Fsp3) is 0.600. The van der Waals surface area contributed by atoms with E-state index >= 15 is 0 Å². The third-order valence-corrected chi connectivity index (χ3v) is 6.95. The zero-order valence-electron chi connectivity index (χ0n) is 17.8. The monoisotopic (exact) mass is 425 g/mol. The molecule has 0 aromatic heterocycles. The molecule has 162 valence electrons. The molecule has 1 aliphatic rings. The van der Waals surface area contributed by atoms with E-state index in [1.807, 2.05) is 20.8 Å². The maximum Gasteiger partial charge on any atom is 0.254 e. The van der Waals surface area contributed by atoms with Gasteiger partial charge in [0.1, 0.15) is 10.6 Å². The third kappa shape index (κ3) is 5.48. The van der Waals surface area contributed by atoms with Gasteiger partial charge in [-0.2, -0.15) is 4.31 Å². The van der Waals surface area contributed by atoms with Gasteiger partial charge in [-0.25, -0.2) is 8.42 Å². The maximum absolute atomic E-state index is 13.3. The van der Waals surface area contributed by atoms with Gasteiger partial charge in [0.2, 0.25) is 15.9 Å². The molecular formula is C20H31N3O5S. The van der Waals surface area contributed by atoms with Crippen LogP contribution < -0.4 is 10.1 Å². The number of piperidine rings is 1. The Morgan fingerprint density at radius 2 is 2.00 bits per heavy atom. The van der Waals surface area contributed by atoms with Gasteiger partial charge in [0.15, 0.2) is 0 Å². The predicted molar refractivity (Wildman–Crippen MR) is 110 cm³/mol. The van der Waals surface area contributed by atoms with Gasteiger partial charge in [-0.15, -0.1) is 0 Å². The number of benzene rings is 1. The minimum atomic E-state index is -3.82. The standard InChI is InChI=1S/C20H31N3O5S/c1-14(2)21-19(24)13-22(4)20(25)16-9-10-17(28-5)18(12-16)29(26,27)23-11-7-6-8-15(23)3/h9-10,12,14-15H,6-8,11,13H2,1-5H3,(H,21,24)/t15-/m1/s1. The van der Waals surface area contributed by atoms with E-state index in [-0.39, 0.29) is 40.7 Å². The van der Waals surface area contributed by atoms with E-state index in [9.17, 15) is 18.0 Å². The van der Waals surface area contributed by atoms with Crippen LogP contribution in [0.4, 0.5) is 0 Å². The van der Waals surface area contributed by atoms with E-state index in [1.54, 1.807) is 0 Å². The average molecular weight is 426 g/mol. The first-order chi connectivity index (χ1) is 13.6. The maximum atomic E-state index is 13.3. The number of rotatable bonds is 7. The lowest BCUT2D eigenvalue weighted by molar-refractivity contribution is -0.122. The highest BCUT2D eigenvalue weighted by Gasteiger charge is 2.33. The zero-order chi connectivity index (χ0) is 21.8. The van der Waals surface area contributed by atoms with E-state index in [0.29, 0.717) is 6.54 Å². The summed E-state index contributed by atoms with van der Waals surface area (Å²) in [6.45, 7) is 5.89. The van der Waals surface area contributed by atoms with Gasteiger partial charge in [-0.1, -0.05) is 6.42 Å². The van der Waals surface area contributed by atoms with Gasteiger partial charge in [0.05, 0.1) is 13.7 Å². The number of methoxy groups -OCH3 is 1. The highest BCUT2D eigenvalue weighted by molar-refractivity contribution is 7.89. The van der Waals surface area contributed by atoms with Crippen molar-refractivity contribution in [1.29, 1.82) is 0 Å². The summed E-state index contributed by atoms with van der Waals surface area (Å²) in [5, 5.41) is 2.73. The van der Waals surface area contributed by atoms with E-state index in [4.69, 9.17) is 4.74 Å². The van der Waals surface area contributed by atoms with Crippen LogP contribution in [0, 0.1) is 0 Å². The van der Waals surface area contributed by atoms with Gasteiger partial charge in [0, 0.05) is 31.2 Å². The molecule has 8 nitrogen and oxygen atoms in total. The number of amides is 2. The Hall–Kier alpha value is -2.13. The summed E-state index contributed by atoms with van der Waals surface area (Å²) >= 11 is 0. The summed E-state index contributed by atoms with van der Waals surface area (Å²) in [5.41, 5.74) is 0.189. The number of sulfonamides is 1. The molecule has 1 saturated heterocycles. The van der Waals surface area contributed by atoms with Gasteiger partial charge in [0.25, 0.3) is 5.91 Å². The van der Waals surface area contributed by atoms with Crippen molar-refractivity contribution in [3.05, 3.63) is 23.8 Å². The Balaban J connectivity index is 2.32. The normalized spacial score (nSPS) is 17.8. The Morgan fingerprint density at radius 1 is 1.31 bits per heavy atom. The molecule has 0 aliphatic carbocycles. The van der Waals surface area contributed by atoms with Crippen LogP contribution in [0.1, 0.15) is 50.4 Å². The van der Waals surface area contributed by atoms with E-state index < -0.39 is 15.9 Å². The molecule has 0 unspecified atom stereocenters. The van der Waals surface area contributed by atoms with E-state index in [0.717, 1.165) is 19.3 Å². The van der Waals surface area contributed by atoms with Crippen LogP contribution >= 0.6 is 0 Å².